The minimum absolute atomic E-state index is 0.149. The molecule has 0 spiro atoms. The molecule has 4 aromatic carbocycles. The first-order valence-corrected chi connectivity index (χ1v) is 11.7. The van der Waals surface area contributed by atoms with Gasteiger partial charge in [-0.25, -0.2) is 0 Å². The summed E-state index contributed by atoms with van der Waals surface area (Å²) < 4.78 is 0. The molecule has 0 aliphatic rings. The van der Waals surface area contributed by atoms with Crippen LogP contribution in [0.15, 0.2) is 95.9 Å². The van der Waals surface area contributed by atoms with E-state index in [-0.39, 0.29) is 23.5 Å². The lowest BCUT2D eigenvalue weighted by molar-refractivity contribution is -0.114. The Balaban J connectivity index is 1.32. The van der Waals surface area contributed by atoms with Crippen LogP contribution in [-0.2, 0) is 9.59 Å². The molecule has 0 heterocycles. The van der Waals surface area contributed by atoms with Gasteiger partial charge in [-0.05, 0) is 65.4 Å². The monoisotopic (exact) mass is 469 g/mol. The van der Waals surface area contributed by atoms with E-state index in [2.05, 4.69) is 16.0 Å². The Morgan fingerprint density at radius 3 is 2.12 bits per heavy atom. The number of thioether (sulfide) groups is 1. The van der Waals surface area contributed by atoms with E-state index in [0.29, 0.717) is 22.6 Å². The zero-order valence-corrected chi connectivity index (χ0v) is 19.3. The summed E-state index contributed by atoms with van der Waals surface area (Å²) in [6.07, 6.45) is 0. The summed E-state index contributed by atoms with van der Waals surface area (Å²) in [5.41, 5.74) is 2.57. The van der Waals surface area contributed by atoms with Crippen LogP contribution in [0.1, 0.15) is 17.3 Å². The SMILES string of the molecule is CC(=O)Nc1ccc(NC(=O)CSc2cccc(NC(=O)c3ccc4ccccc4c3)c2)cc1. The summed E-state index contributed by atoms with van der Waals surface area (Å²) in [6.45, 7) is 1.44. The molecular weight excluding hydrogens is 446 g/mol. The average molecular weight is 470 g/mol. The number of rotatable bonds is 7. The standard InChI is InChI=1S/C27H23N3O3S/c1-18(31)28-22-11-13-23(14-12-22)29-26(32)17-34-25-8-4-7-24(16-25)30-27(33)21-10-9-19-5-2-3-6-20(19)15-21/h2-16H,17H2,1H3,(H,28,31)(H,29,32)(H,30,33). The number of nitrogens with one attached hydrogen (secondary N) is 3. The Labute approximate surface area is 201 Å². The molecule has 4 rings (SSSR count). The van der Waals surface area contributed by atoms with Gasteiger partial charge in [-0.15, -0.1) is 11.8 Å². The summed E-state index contributed by atoms with van der Waals surface area (Å²) in [6, 6.07) is 27.8. The van der Waals surface area contributed by atoms with Gasteiger partial charge in [0.25, 0.3) is 5.91 Å². The van der Waals surface area contributed by atoms with E-state index < -0.39 is 0 Å². The van der Waals surface area contributed by atoms with Crippen LogP contribution in [0, 0.1) is 0 Å². The molecule has 170 valence electrons. The minimum Gasteiger partial charge on any atom is -0.326 e. The highest BCUT2D eigenvalue weighted by atomic mass is 32.2. The Morgan fingerprint density at radius 2 is 1.38 bits per heavy atom. The number of hydrogen-bond acceptors (Lipinski definition) is 4. The first kappa shape index (κ1) is 23.1. The summed E-state index contributed by atoms with van der Waals surface area (Å²) in [5.74, 6) is -0.268. The minimum atomic E-state index is -0.187. The summed E-state index contributed by atoms with van der Waals surface area (Å²) >= 11 is 1.38. The Kier molecular flexibility index (Phi) is 7.25. The predicted molar refractivity (Wildman–Crippen MR) is 138 cm³/mol. The molecule has 0 saturated carbocycles. The molecule has 3 amide bonds. The lowest BCUT2D eigenvalue weighted by atomic mass is 10.1. The van der Waals surface area contributed by atoms with Crippen LogP contribution in [0.5, 0.6) is 0 Å². The molecule has 0 aliphatic carbocycles. The van der Waals surface area contributed by atoms with E-state index in [9.17, 15) is 14.4 Å². The van der Waals surface area contributed by atoms with Gasteiger partial charge < -0.3 is 16.0 Å². The van der Waals surface area contributed by atoms with Crippen LogP contribution < -0.4 is 16.0 Å². The van der Waals surface area contributed by atoms with Gasteiger partial charge in [-0.3, -0.25) is 14.4 Å². The highest BCUT2D eigenvalue weighted by Gasteiger charge is 2.09. The molecular formula is C27H23N3O3S. The van der Waals surface area contributed by atoms with Crippen molar-refractivity contribution in [3.63, 3.8) is 0 Å². The highest BCUT2D eigenvalue weighted by molar-refractivity contribution is 8.00. The number of anilines is 3. The molecule has 0 aromatic heterocycles. The maximum Gasteiger partial charge on any atom is 0.255 e. The third-order valence-corrected chi connectivity index (χ3v) is 5.96. The molecule has 0 aliphatic heterocycles. The highest BCUT2D eigenvalue weighted by Crippen LogP contribution is 2.23. The fourth-order valence-electron chi connectivity index (χ4n) is 3.38. The molecule has 4 aromatic rings. The average Bonchev–Trinajstić information content (AvgIpc) is 2.83. The van der Waals surface area contributed by atoms with Crippen molar-refractivity contribution < 1.29 is 14.4 Å². The zero-order chi connectivity index (χ0) is 23.9. The van der Waals surface area contributed by atoms with Crippen molar-refractivity contribution in [3.8, 4) is 0 Å². The molecule has 0 fully saturated rings. The third-order valence-electron chi connectivity index (χ3n) is 4.96. The number of carbonyl (C=O) groups is 3. The topological polar surface area (TPSA) is 87.3 Å². The summed E-state index contributed by atoms with van der Waals surface area (Å²) in [4.78, 5) is 37.0. The van der Waals surface area contributed by atoms with Crippen LogP contribution in [0.25, 0.3) is 10.8 Å². The summed E-state index contributed by atoms with van der Waals surface area (Å²) in [5, 5.41) is 10.5. The largest absolute Gasteiger partial charge is 0.326 e. The fraction of sp³-hybridized carbons (Fsp3) is 0.0741. The van der Waals surface area contributed by atoms with Gasteiger partial charge in [0.05, 0.1) is 5.75 Å². The molecule has 0 unspecified atom stereocenters. The predicted octanol–water partition coefficient (Wildman–Crippen LogP) is 5.78. The first-order chi connectivity index (χ1) is 16.5. The van der Waals surface area contributed by atoms with Crippen LogP contribution in [0.2, 0.25) is 0 Å². The van der Waals surface area contributed by atoms with E-state index >= 15 is 0 Å². The van der Waals surface area contributed by atoms with Crippen molar-refractivity contribution in [1.29, 1.82) is 0 Å². The van der Waals surface area contributed by atoms with Crippen molar-refractivity contribution in [2.75, 3.05) is 21.7 Å². The maximum absolute atomic E-state index is 12.7. The van der Waals surface area contributed by atoms with Crippen LogP contribution in [0.4, 0.5) is 17.1 Å². The molecule has 3 N–H and O–H groups in total. The molecule has 0 radical (unpaired) electrons. The van der Waals surface area contributed by atoms with Gasteiger partial charge in [0.15, 0.2) is 0 Å². The third kappa shape index (κ3) is 6.24. The molecule has 6 nitrogen and oxygen atoms in total. The number of benzene rings is 4. The smallest absolute Gasteiger partial charge is 0.255 e. The van der Waals surface area contributed by atoms with E-state index in [1.165, 1.54) is 18.7 Å². The summed E-state index contributed by atoms with van der Waals surface area (Å²) in [7, 11) is 0. The zero-order valence-electron chi connectivity index (χ0n) is 18.5. The van der Waals surface area contributed by atoms with Crippen LogP contribution in [-0.4, -0.2) is 23.5 Å². The van der Waals surface area contributed by atoms with Gasteiger partial charge in [0, 0.05) is 34.4 Å². The second-order valence-corrected chi connectivity index (χ2v) is 8.69. The molecule has 0 atom stereocenters. The van der Waals surface area contributed by atoms with E-state index in [0.717, 1.165) is 15.7 Å². The van der Waals surface area contributed by atoms with E-state index in [4.69, 9.17) is 0 Å². The Morgan fingerprint density at radius 1 is 0.676 bits per heavy atom. The number of carbonyl (C=O) groups excluding carboxylic acids is 3. The van der Waals surface area contributed by atoms with Crippen molar-refractivity contribution in [1.82, 2.24) is 0 Å². The van der Waals surface area contributed by atoms with Crippen molar-refractivity contribution in [2.24, 2.45) is 0 Å². The van der Waals surface area contributed by atoms with Gasteiger partial charge in [0.2, 0.25) is 11.8 Å². The molecule has 0 saturated heterocycles. The molecule has 34 heavy (non-hydrogen) atoms. The van der Waals surface area contributed by atoms with Gasteiger partial charge >= 0.3 is 0 Å². The second kappa shape index (κ2) is 10.7. The lowest BCUT2D eigenvalue weighted by Crippen LogP contribution is -2.14. The normalized spacial score (nSPS) is 10.5. The van der Waals surface area contributed by atoms with Gasteiger partial charge in [-0.1, -0.05) is 36.4 Å². The number of hydrogen-bond donors (Lipinski definition) is 3. The number of fused-ring (bicyclic) bond motifs is 1. The maximum atomic E-state index is 12.7. The Bertz CT molecular complexity index is 1350. The van der Waals surface area contributed by atoms with Crippen molar-refractivity contribution in [3.05, 3.63) is 96.6 Å². The second-order valence-electron chi connectivity index (χ2n) is 7.64. The van der Waals surface area contributed by atoms with Crippen LogP contribution in [0.3, 0.4) is 0 Å². The van der Waals surface area contributed by atoms with E-state index in [1.54, 1.807) is 24.3 Å². The fourth-order valence-corrected chi connectivity index (χ4v) is 4.14. The first-order valence-electron chi connectivity index (χ1n) is 10.7. The van der Waals surface area contributed by atoms with E-state index in [1.807, 2.05) is 66.7 Å². The van der Waals surface area contributed by atoms with Crippen molar-refractivity contribution >= 4 is 57.3 Å². The quantitative estimate of drug-likeness (QED) is 0.299. The lowest BCUT2D eigenvalue weighted by Gasteiger charge is -2.09. The van der Waals surface area contributed by atoms with Crippen molar-refractivity contribution in [2.45, 2.75) is 11.8 Å². The molecule has 0 bridgehead atoms. The van der Waals surface area contributed by atoms with Gasteiger partial charge in [0.1, 0.15) is 0 Å². The van der Waals surface area contributed by atoms with Gasteiger partial charge in [-0.2, -0.15) is 0 Å². The van der Waals surface area contributed by atoms with Crippen LogP contribution >= 0.6 is 11.8 Å². The molecule has 7 heteroatoms. The Hall–Kier alpha value is -4.10. The number of amides is 3.